The molecule has 1 aliphatic heterocycles. The highest BCUT2D eigenvalue weighted by molar-refractivity contribution is 5.35. The monoisotopic (exact) mass is 354 g/mol. The van der Waals surface area contributed by atoms with Gasteiger partial charge in [0.05, 0.1) is 0 Å². The Morgan fingerprint density at radius 3 is 2.38 bits per heavy atom. The summed E-state index contributed by atoms with van der Waals surface area (Å²) in [6, 6.07) is 16.8. The molecule has 140 valence electrons. The average molecular weight is 354 g/mol. The van der Waals surface area contributed by atoms with E-state index in [4.69, 9.17) is 4.74 Å². The average Bonchev–Trinajstić information content (AvgIpc) is 2.65. The molecule has 0 amide bonds. The van der Waals surface area contributed by atoms with Crippen LogP contribution in [0.2, 0.25) is 0 Å². The molecule has 1 saturated heterocycles. The Morgan fingerprint density at radius 1 is 0.962 bits per heavy atom. The molecule has 4 heteroatoms. The standard InChI is InChI=1S/C22H30N2O2/c1-18-8-9-19(2)22(14-18)26-17-21(25)16-24-12-10-23(11-13-24)15-20-6-4-3-5-7-20/h3-9,14,21,25H,10-13,15-17H2,1-2H3/t21-/m0/s1. The number of piperazine rings is 1. The Morgan fingerprint density at radius 2 is 1.65 bits per heavy atom. The molecule has 0 saturated carbocycles. The fourth-order valence-corrected chi connectivity index (χ4v) is 3.37. The Bertz CT molecular complexity index is 682. The molecule has 0 bridgehead atoms. The molecule has 4 nitrogen and oxygen atoms in total. The van der Waals surface area contributed by atoms with Crippen LogP contribution in [0.4, 0.5) is 0 Å². The van der Waals surface area contributed by atoms with Crippen molar-refractivity contribution in [1.82, 2.24) is 9.80 Å². The van der Waals surface area contributed by atoms with Gasteiger partial charge in [0, 0.05) is 39.3 Å². The zero-order valence-electron chi connectivity index (χ0n) is 15.9. The van der Waals surface area contributed by atoms with Crippen molar-refractivity contribution in [3.63, 3.8) is 0 Å². The van der Waals surface area contributed by atoms with Gasteiger partial charge >= 0.3 is 0 Å². The van der Waals surface area contributed by atoms with Crippen LogP contribution in [-0.4, -0.2) is 60.3 Å². The van der Waals surface area contributed by atoms with Gasteiger partial charge < -0.3 is 9.84 Å². The van der Waals surface area contributed by atoms with Crippen molar-refractivity contribution in [1.29, 1.82) is 0 Å². The molecule has 1 fully saturated rings. The Labute approximate surface area is 157 Å². The summed E-state index contributed by atoms with van der Waals surface area (Å²) < 4.78 is 5.83. The molecule has 26 heavy (non-hydrogen) atoms. The summed E-state index contributed by atoms with van der Waals surface area (Å²) in [5, 5.41) is 10.3. The van der Waals surface area contributed by atoms with Gasteiger partial charge in [0.1, 0.15) is 18.5 Å². The van der Waals surface area contributed by atoms with Gasteiger partial charge in [0.15, 0.2) is 0 Å². The van der Waals surface area contributed by atoms with E-state index in [9.17, 15) is 5.11 Å². The largest absolute Gasteiger partial charge is 0.491 e. The van der Waals surface area contributed by atoms with Crippen LogP contribution in [-0.2, 0) is 6.54 Å². The third kappa shape index (κ3) is 5.56. The van der Waals surface area contributed by atoms with Crippen molar-refractivity contribution < 1.29 is 9.84 Å². The lowest BCUT2D eigenvalue weighted by Crippen LogP contribution is -2.48. The molecular formula is C22H30N2O2. The van der Waals surface area contributed by atoms with Crippen LogP contribution in [0.3, 0.4) is 0 Å². The molecule has 0 spiro atoms. The van der Waals surface area contributed by atoms with Gasteiger partial charge in [-0.25, -0.2) is 0 Å². The third-order valence-electron chi connectivity index (χ3n) is 4.96. The number of aryl methyl sites for hydroxylation is 2. The maximum absolute atomic E-state index is 10.3. The second-order valence-corrected chi connectivity index (χ2v) is 7.30. The molecule has 0 radical (unpaired) electrons. The molecule has 1 N–H and O–H groups in total. The van der Waals surface area contributed by atoms with Crippen molar-refractivity contribution in [2.45, 2.75) is 26.5 Å². The molecule has 2 aromatic carbocycles. The molecule has 1 heterocycles. The summed E-state index contributed by atoms with van der Waals surface area (Å²) in [5.41, 5.74) is 3.65. The first-order valence-corrected chi connectivity index (χ1v) is 9.47. The van der Waals surface area contributed by atoms with E-state index in [-0.39, 0.29) is 0 Å². The molecule has 1 aliphatic rings. The predicted molar refractivity (Wildman–Crippen MR) is 106 cm³/mol. The summed E-state index contributed by atoms with van der Waals surface area (Å²) in [5.74, 6) is 0.872. The number of aliphatic hydroxyl groups is 1. The molecule has 1 atom stereocenters. The van der Waals surface area contributed by atoms with E-state index < -0.39 is 6.10 Å². The fraction of sp³-hybridized carbons (Fsp3) is 0.455. The minimum atomic E-state index is -0.462. The van der Waals surface area contributed by atoms with E-state index in [2.05, 4.69) is 59.2 Å². The summed E-state index contributed by atoms with van der Waals surface area (Å²) >= 11 is 0. The minimum absolute atomic E-state index is 0.342. The highest BCUT2D eigenvalue weighted by atomic mass is 16.5. The number of β-amino-alcohol motifs (C(OH)–C–C–N with tert-alkyl or cyclic N) is 1. The van der Waals surface area contributed by atoms with E-state index in [1.165, 1.54) is 11.1 Å². The Kier molecular flexibility index (Phi) is 6.67. The molecular weight excluding hydrogens is 324 g/mol. The lowest BCUT2D eigenvalue weighted by Gasteiger charge is -2.35. The Hall–Kier alpha value is -1.88. The normalized spacial score (nSPS) is 17.2. The zero-order valence-corrected chi connectivity index (χ0v) is 15.9. The van der Waals surface area contributed by atoms with Gasteiger partial charge in [-0.15, -0.1) is 0 Å². The van der Waals surface area contributed by atoms with Crippen molar-refractivity contribution >= 4 is 0 Å². The first-order valence-electron chi connectivity index (χ1n) is 9.47. The number of nitrogens with zero attached hydrogens (tertiary/aromatic N) is 2. The van der Waals surface area contributed by atoms with Crippen LogP contribution in [0.25, 0.3) is 0 Å². The van der Waals surface area contributed by atoms with Crippen molar-refractivity contribution in [3.05, 3.63) is 65.2 Å². The summed E-state index contributed by atoms with van der Waals surface area (Å²) in [7, 11) is 0. The fourth-order valence-electron chi connectivity index (χ4n) is 3.37. The maximum atomic E-state index is 10.3. The van der Waals surface area contributed by atoms with E-state index in [0.717, 1.165) is 44.0 Å². The van der Waals surface area contributed by atoms with Crippen molar-refractivity contribution in [2.75, 3.05) is 39.3 Å². The SMILES string of the molecule is Cc1ccc(C)c(OC[C@@H](O)CN2CCN(Cc3ccccc3)CC2)c1. The van der Waals surface area contributed by atoms with E-state index >= 15 is 0 Å². The zero-order chi connectivity index (χ0) is 18.4. The van der Waals surface area contributed by atoms with Crippen LogP contribution in [0.15, 0.2) is 48.5 Å². The minimum Gasteiger partial charge on any atom is -0.491 e. The summed E-state index contributed by atoms with van der Waals surface area (Å²) in [6.07, 6.45) is -0.462. The van der Waals surface area contributed by atoms with E-state index in [1.807, 2.05) is 13.0 Å². The molecule has 0 aromatic heterocycles. The molecule has 2 aromatic rings. The predicted octanol–water partition coefficient (Wildman–Crippen LogP) is 2.86. The number of benzene rings is 2. The van der Waals surface area contributed by atoms with Crippen LogP contribution in [0.5, 0.6) is 5.75 Å². The number of aliphatic hydroxyl groups excluding tert-OH is 1. The maximum Gasteiger partial charge on any atom is 0.122 e. The van der Waals surface area contributed by atoms with Gasteiger partial charge in [0.25, 0.3) is 0 Å². The lowest BCUT2D eigenvalue weighted by molar-refractivity contribution is 0.0445. The second-order valence-electron chi connectivity index (χ2n) is 7.30. The first-order chi connectivity index (χ1) is 12.6. The van der Waals surface area contributed by atoms with Gasteiger partial charge in [0.2, 0.25) is 0 Å². The van der Waals surface area contributed by atoms with Crippen molar-refractivity contribution in [3.8, 4) is 5.75 Å². The van der Waals surface area contributed by atoms with Crippen LogP contribution in [0, 0.1) is 13.8 Å². The van der Waals surface area contributed by atoms with Gasteiger partial charge in [-0.2, -0.15) is 0 Å². The van der Waals surface area contributed by atoms with Crippen LogP contribution >= 0.6 is 0 Å². The second kappa shape index (κ2) is 9.17. The van der Waals surface area contributed by atoms with Crippen molar-refractivity contribution in [2.24, 2.45) is 0 Å². The smallest absolute Gasteiger partial charge is 0.122 e. The summed E-state index contributed by atoms with van der Waals surface area (Å²) in [4.78, 5) is 4.81. The van der Waals surface area contributed by atoms with Crippen LogP contribution < -0.4 is 4.74 Å². The molecule has 0 aliphatic carbocycles. The number of hydrogen-bond acceptors (Lipinski definition) is 4. The quantitative estimate of drug-likeness (QED) is 0.829. The molecule has 3 rings (SSSR count). The Balaban J connectivity index is 1.39. The van der Waals surface area contributed by atoms with Gasteiger partial charge in [-0.05, 0) is 36.6 Å². The number of hydrogen-bond donors (Lipinski definition) is 1. The number of rotatable bonds is 7. The third-order valence-corrected chi connectivity index (χ3v) is 4.96. The van der Waals surface area contributed by atoms with Crippen LogP contribution in [0.1, 0.15) is 16.7 Å². The van der Waals surface area contributed by atoms with Gasteiger partial charge in [-0.3, -0.25) is 9.80 Å². The molecule has 0 unspecified atom stereocenters. The topological polar surface area (TPSA) is 35.9 Å². The highest BCUT2D eigenvalue weighted by Crippen LogP contribution is 2.19. The van der Waals surface area contributed by atoms with E-state index in [0.29, 0.717) is 13.2 Å². The van der Waals surface area contributed by atoms with Gasteiger partial charge in [-0.1, -0.05) is 42.5 Å². The highest BCUT2D eigenvalue weighted by Gasteiger charge is 2.19. The lowest BCUT2D eigenvalue weighted by atomic mass is 10.1. The first kappa shape index (κ1) is 18.9. The summed E-state index contributed by atoms with van der Waals surface area (Å²) in [6.45, 7) is 10.2. The number of ether oxygens (including phenoxy) is 1. The van der Waals surface area contributed by atoms with E-state index in [1.54, 1.807) is 0 Å².